The van der Waals surface area contributed by atoms with Gasteiger partial charge in [-0.25, -0.2) is 13.1 Å². The highest BCUT2D eigenvalue weighted by Gasteiger charge is 2.15. The number of nitrogen functional groups attached to an aromatic ring is 1. The van der Waals surface area contributed by atoms with Gasteiger partial charge in [-0.15, -0.1) is 0 Å². The van der Waals surface area contributed by atoms with Gasteiger partial charge in [-0.3, -0.25) is 0 Å². The van der Waals surface area contributed by atoms with Crippen molar-refractivity contribution in [1.82, 2.24) is 4.72 Å². The van der Waals surface area contributed by atoms with Gasteiger partial charge in [-0.05, 0) is 36.8 Å². The number of anilines is 1. The maximum absolute atomic E-state index is 12.3. The first-order chi connectivity index (χ1) is 11.5. The summed E-state index contributed by atoms with van der Waals surface area (Å²) in [7, 11) is -2.05. The van der Waals surface area contributed by atoms with E-state index in [0.29, 0.717) is 23.8 Å². The molecule has 0 atom stereocenters. The van der Waals surface area contributed by atoms with Crippen LogP contribution in [0.1, 0.15) is 18.9 Å². The molecule has 0 aliphatic heterocycles. The Morgan fingerprint density at radius 3 is 2.46 bits per heavy atom. The average molecular weight is 350 g/mol. The molecular weight excluding hydrogens is 328 g/mol. The van der Waals surface area contributed by atoms with Gasteiger partial charge in [-0.1, -0.05) is 13.0 Å². The van der Waals surface area contributed by atoms with Crippen molar-refractivity contribution in [2.75, 3.05) is 19.5 Å². The lowest BCUT2D eigenvalue weighted by Gasteiger charge is -2.13. The van der Waals surface area contributed by atoms with Crippen molar-refractivity contribution in [3.8, 4) is 11.5 Å². The van der Waals surface area contributed by atoms with Crippen LogP contribution in [0, 0.1) is 0 Å². The Morgan fingerprint density at radius 1 is 1.12 bits per heavy atom. The molecule has 2 rings (SSSR count). The summed E-state index contributed by atoms with van der Waals surface area (Å²) >= 11 is 0. The highest BCUT2D eigenvalue weighted by molar-refractivity contribution is 7.89. The lowest BCUT2D eigenvalue weighted by Crippen LogP contribution is -2.23. The summed E-state index contributed by atoms with van der Waals surface area (Å²) in [5.41, 5.74) is 6.84. The summed E-state index contributed by atoms with van der Waals surface area (Å²) in [5, 5.41) is 0. The molecule has 0 aromatic heterocycles. The topological polar surface area (TPSA) is 90.6 Å². The third-order valence-electron chi connectivity index (χ3n) is 3.38. The highest BCUT2D eigenvalue weighted by atomic mass is 32.2. The van der Waals surface area contributed by atoms with Crippen molar-refractivity contribution in [3.05, 3.63) is 48.0 Å². The van der Waals surface area contributed by atoms with Crippen molar-refractivity contribution in [3.63, 3.8) is 0 Å². The maximum atomic E-state index is 12.3. The zero-order valence-corrected chi connectivity index (χ0v) is 14.6. The van der Waals surface area contributed by atoms with Crippen molar-refractivity contribution < 1.29 is 17.9 Å². The second-order valence-corrected chi connectivity index (χ2v) is 6.98. The molecule has 0 saturated carbocycles. The number of sulfonamides is 1. The van der Waals surface area contributed by atoms with Gasteiger partial charge in [-0.2, -0.15) is 0 Å². The molecule has 3 N–H and O–H groups in total. The summed E-state index contributed by atoms with van der Waals surface area (Å²) < 4.78 is 38.1. The van der Waals surface area contributed by atoms with E-state index in [2.05, 4.69) is 4.72 Å². The molecule has 24 heavy (non-hydrogen) atoms. The van der Waals surface area contributed by atoms with Crippen LogP contribution >= 0.6 is 0 Å². The second kappa shape index (κ2) is 8.03. The largest absolute Gasteiger partial charge is 0.497 e. The van der Waals surface area contributed by atoms with E-state index in [1.54, 1.807) is 37.4 Å². The first-order valence-corrected chi connectivity index (χ1v) is 9.09. The van der Waals surface area contributed by atoms with Gasteiger partial charge < -0.3 is 15.2 Å². The Bertz CT molecular complexity index is 774. The van der Waals surface area contributed by atoms with E-state index >= 15 is 0 Å². The number of rotatable bonds is 8. The molecule has 0 saturated heterocycles. The quantitative estimate of drug-likeness (QED) is 0.714. The van der Waals surface area contributed by atoms with Crippen LogP contribution in [-0.4, -0.2) is 22.1 Å². The Balaban J connectivity index is 2.16. The normalized spacial score (nSPS) is 11.2. The minimum atomic E-state index is -3.62. The zero-order chi connectivity index (χ0) is 17.6. The fraction of sp³-hybridized carbons (Fsp3) is 0.294. The molecular formula is C17H22N2O4S. The van der Waals surface area contributed by atoms with E-state index in [0.717, 1.165) is 12.0 Å². The van der Waals surface area contributed by atoms with Crippen LogP contribution < -0.4 is 19.9 Å². The van der Waals surface area contributed by atoms with Crippen molar-refractivity contribution in [2.45, 2.75) is 24.8 Å². The zero-order valence-electron chi connectivity index (χ0n) is 13.8. The standard InChI is InChI=1S/C17H22N2O4S/c1-3-10-23-17-11-15(22-2)7-4-13(17)12-19-24(20,21)16-8-5-14(18)6-9-16/h4-9,11,19H,3,10,12,18H2,1-2H3. The number of benzene rings is 2. The third-order valence-corrected chi connectivity index (χ3v) is 4.80. The molecule has 0 aliphatic carbocycles. The number of nitrogens with two attached hydrogens (primary N) is 1. The molecule has 2 aromatic rings. The van der Waals surface area contributed by atoms with Crippen LogP contribution in [0.25, 0.3) is 0 Å². The smallest absolute Gasteiger partial charge is 0.240 e. The summed E-state index contributed by atoms with van der Waals surface area (Å²) in [4.78, 5) is 0.168. The van der Waals surface area contributed by atoms with Gasteiger partial charge in [0.2, 0.25) is 10.0 Å². The number of hydrogen-bond acceptors (Lipinski definition) is 5. The van der Waals surface area contributed by atoms with E-state index < -0.39 is 10.0 Å². The summed E-state index contributed by atoms with van der Waals surface area (Å²) in [6.07, 6.45) is 0.855. The molecule has 0 unspecified atom stereocenters. The lowest BCUT2D eigenvalue weighted by molar-refractivity contribution is 0.311. The van der Waals surface area contributed by atoms with Crippen molar-refractivity contribution in [1.29, 1.82) is 0 Å². The predicted molar refractivity (Wildman–Crippen MR) is 93.7 cm³/mol. The van der Waals surface area contributed by atoms with Gasteiger partial charge >= 0.3 is 0 Å². The van der Waals surface area contributed by atoms with E-state index in [9.17, 15) is 8.42 Å². The third kappa shape index (κ3) is 4.62. The van der Waals surface area contributed by atoms with Crippen LogP contribution in [0.15, 0.2) is 47.4 Å². The summed E-state index contributed by atoms with van der Waals surface area (Å²) in [5.74, 6) is 1.27. The van der Waals surface area contributed by atoms with Crippen molar-refractivity contribution in [2.24, 2.45) is 0 Å². The molecule has 130 valence electrons. The Hall–Kier alpha value is -2.25. The molecule has 0 bridgehead atoms. The first kappa shape index (κ1) is 18.1. The molecule has 0 heterocycles. The summed E-state index contributed by atoms with van der Waals surface area (Å²) in [6, 6.07) is 11.4. The molecule has 2 aromatic carbocycles. The first-order valence-electron chi connectivity index (χ1n) is 7.61. The maximum Gasteiger partial charge on any atom is 0.240 e. The van der Waals surface area contributed by atoms with E-state index in [-0.39, 0.29) is 11.4 Å². The molecule has 0 radical (unpaired) electrons. The SMILES string of the molecule is CCCOc1cc(OC)ccc1CNS(=O)(=O)c1ccc(N)cc1. The summed E-state index contributed by atoms with van der Waals surface area (Å²) in [6.45, 7) is 2.67. The van der Waals surface area contributed by atoms with Crippen LogP contribution in [0.3, 0.4) is 0 Å². The van der Waals surface area contributed by atoms with Gasteiger partial charge in [0.25, 0.3) is 0 Å². The number of nitrogens with one attached hydrogen (secondary N) is 1. The Morgan fingerprint density at radius 2 is 1.83 bits per heavy atom. The van der Waals surface area contributed by atoms with Crippen LogP contribution in [0.2, 0.25) is 0 Å². The van der Waals surface area contributed by atoms with E-state index in [1.165, 1.54) is 12.1 Å². The second-order valence-electron chi connectivity index (χ2n) is 5.22. The lowest BCUT2D eigenvalue weighted by atomic mass is 10.2. The number of ether oxygens (including phenoxy) is 2. The average Bonchev–Trinajstić information content (AvgIpc) is 2.58. The minimum absolute atomic E-state index is 0.121. The Kier molecular flexibility index (Phi) is 6.05. The minimum Gasteiger partial charge on any atom is -0.497 e. The predicted octanol–water partition coefficient (Wildman–Crippen LogP) is 2.54. The molecule has 6 nitrogen and oxygen atoms in total. The van der Waals surface area contributed by atoms with Crippen LogP contribution in [-0.2, 0) is 16.6 Å². The molecule has 7 heteroatoms. The molecule has 0 amide bonds. The van der Waals surface area contributed by atoms with E-state index in [1.807, 2.05) is 6.92 Å². The highest BCUT2D eigenvalue weighted by Crippen LogP contribution is 2.25. The van der Waals surface area contributed by atoms with E-state index in [4.69, 9.17) is 15.2 Å². The Labute approximate surface area is 142 Å². The van der Waals surface area contributed by atoms with Gasteiger partial charge in [0.1, 0.15) is 11.5 Å². The van der Waals surface area contributed by atoms with Gasteiger partial charge in [0, 0.05) is 23.9 Å². The monoisotopic (exact) mass is 350 g/mol. The molecule has 0 spiro atoms. The fourth-order valence-electron chi connectivity index (χ4n) is 2.06. The van der Waals surface area contributed by atoms with Crippen molar-refractivity contribution >= 4 is 15.7 Å². The van der Waals surface area contributed by atoms with Gasteiger partial charge in [0.05, 0.1) is 18.6 Å². The molecule has 0 fully saturated rings. The van der Waals surface area contributed by atoms with Crippen LogP contribution in [0.5, 0.6) is 11.5 Å². The number of methoxy groups -OCH3 is 1. The van der Waals surface area contributed by atoms with Gasteiger partial charge in [0.15, 0.2) is 0 Å². The fourth-order valence-corrected chi connectivity index (χ4v) is 3.06. The number of hydrogen-bond donors (Lipinski definition) is 2. The molecule has 0 aliphatic rings. The van der Waals surface area contributed by atoms with Crippen LogP contribution in [0.4, 0.5) is 5.69 Å².